The molecule has 0 radical (unpaired) electrons. The number of carbonyl (C=O) groups is 1. The third-order valence-corrected chi connectivity index (χ3v) is 3.19. The Morgan fingerprint density at radius 2 is 2.31 bits per heavy atom. The standard InChI is InChI=1S/C9H7NOS2/c1-6-4-12-5-7(6)9(11)8-2-3-13-10-8/h2-5H,1H3. The molecule has 2 rings (SSSR count). The van der Waals surface area contributed by atoms with E-state index in [1.165, 1.54) is 11.5 Å². The van der Waals surface area contributed by atoms with Gasteiger partial charge in [-0.05, 0) is 35.5 Å². The Hall–Kier alpha value is -1.00. The number of aryl methyl sites for hydroxylation is 1. The van der Waals surface area contributed by atoms with Gasteiger partial charge in [0.1, 0.15) is 5.69 Å². The second-order valence-electron chi connectivity index (χ2n) is 2.68. The Balaban J connectivity index is 2.39. The Bertz CT molecular complexity index is 417. The van der Waals surface area contributed by atoms with Gasteiger partial charge in [-0.15, -0.1) is 0 Å². The Labute approximate surface area is 84.0 Å². The van der Waals surface area contributed by atoms with Gasteiger partial charge in [0.15, 0.2) is 0 Å². The van der Waals surface area contributed by atoms with Gasteiger partial charge in [-0.2, -0.15) is 15.7 Å². The highest BCUT2D eigenvalue weighted by atomic mass is 32.1. The van der Waals surface area contributed by atoms with Crippen LogP contribution in [0, 0.1) is 6.92 Å². The van der Waals surface area contributed by atoms with E-state index in [1.54, 1.807) is 17.4 Å². The summed E-state index contributed by atoms with van der Waals surface area (Å²) in [7, 11) is 0. The highest BCUT2D eigenvalue weighted by Crippen LogP contribution is 2.17. The van der Waals surface area contributed by atoms with Gasteiger partial charge in [0.2, 0.25) is 5.78 Å². The molecule has 13 heavy (non-hydrogen) atoms. The van der Waals surface area contributed by atoms with E-state index in [0.717, 1.165) is 11.1 Å². The summed E-state index contributed by atoms with van der Waals surface area (Å²) in [5, 5.41) is 5.66. The number of rotatable bonds is 2. The van der Waals surface area contributed by atoms with E-state index in [2.05, 4.69) is 4.37 Å². The Kier molecular flexibility index (Phi) is 2.24. The zero-order valence-electron chi connectivity index (χ0n) is 6.98. The van der Waals surface area contributed by atoms with Crippen molar-refractivity contribution in [3.8, 4) is 0 Å². The first-order valence-corrected chi connectivity index (χ1v) is 5.55. The van der Waals surface area contributed by atoms with E-state index < -0.39 is 0 Å². The first-order chi connectivity index (χ1) is 6.29. The third kappa shape index (κ3) is 1.55. The monoisotopic (exact) mass is 209 g/mol. The third-order valence-electron chi connectivity index (χ3n) is 1.77. The van der Waals surface area contributed by atoms with Crippen LogP contribution < -0.4 is 0 Å². The van der Waals surface area contributed by atoms with Gasteiger partial charge in [-0.3, -0.25) is 4.79 Å². The molecule has 2 aromatic rings. The average Bonchev–Trinajstić information content (AvgIpc) is 2.72. The zero-order valence-corrected chi connectivity index (χ0v) is 8.61. The van der Waals surface area contributed by atoms with Crippen LogP contribution in [0.15, 0.2) is 22.2 Å². The largest absolute Gasteiger partial charge is 0.287 e. The number of ketones is 1. The van der Waals surface area contributed by atoms with Crippen molar-refractivity contribution in [2.45, 2.75) is 6.92 Å². The number of thiophene rings is 1. The van der Waals surface area contributed by atoms with E-state index in [4.69, 9.17) is 0 Å². The molecule has 4 heteroatoms. The number of aromatic nitrogens is 1. The molecule has 0 aliphatic heterocycles. The van der Waals surface area contributed by atoms with Gasteiger partial charge in [-0.1, -0.05) is 0 Å². The van der Waals surface area contributed by atoms with Crippen LogP contribution in [0.5, 0.6) is 0 Å². The molecule has 0 aromatic carbocycles. The smallest absolute Gasteiger partial charge is 0.213 e. The lowest BCUT2D eigenvalue weighted by Crippen LogP contribution is -2.00. The van der Waals surface area contributed by atoms with E-state index in [1.807, 2.05) is 23.1 Å². The summed E-state index contributed by atoms with van der Waals surface area (Å²) in [6, 6.07) is 1.75. The minimum Gasteiger partial charge on any atom is -0.287 e. The zero-order chi connectivity index (χ0) is 9.26. The van der Waals surface area contributed by atoms with E-state index >= 15 is 0 Å². The molecule has 0 saturated carbocycles. The summed E-state index contributed by atoms with van der Waals surface area (Å²) in [6.07, 6.45) is 0. The SMILES string of the molecule is Cc1cscc1C(=O)c1ccsn1. The van der Waals surface area contributed by atoms with Crippen molar-refractivity contribution >= 4 is 28.7 Å². The van der Waals surface area contributed by atoms with Crippen LogP contribution in [0.25, 0.3) is 0 Å². The summed E-state index contributed by atoms with van der Waals surface area (Å²) in [5.74, 6) is 0.0278. The molecule has 0 N–H and O–H groups in total. The Morgan fingerprint density at radius 3 is 2.85 bits per heavy atom. The summed E-state index contributed by atoms with van der Waals surface area (Å²) in [5.41, 5.74) is 2.35. The number of hydrogen-bond acceptors (Lipinski definition) is 4. The van der Waals surface area contributed by atoms with E-state index in [9.17, 15) is 4.79 Å². The van der Waals surface area contributed by atoms with Crippen LogP contribution in [0.3, 0.4) is 0 Å². The molecule has 0 aliphatic rings. The fraction of sp³-hybridized carbons (Fsp3) is 0.111. The number of nitrogens with zero attached hydrogens (tertiary/aromatic N) is 1. The van der Waals surface area contributed by atoms with Gasteiger partial charge < -0.3 is 0 Å². The normalized spacial score (nSPS) is 10.2. The van der Waals surface area contributed by atoms with Crippen LogP contribution in [-0.4, -0.2) is 10.2 Å². The highest BCUT2D eigenvalue weighted by molar-refractivity contribution is 7.08. The molecular weight excluding hydrogens is 202 g/mol. The van der Waals surface area contributed by atoms with E-state index in [0.29, 0.717) is 5.69 Å². The summed E-state index contributed by atoms with van der Waals surface area (Å²) in [6.45, 7) is 1.94. The van der Waals surface area contributed by atoms with Crippen molar-refractivity contribution in [1.29, 1.82) is 0 Å². The van der Waals surface area contributed by atoms with Gasteiger partial charge in [0.25, 0.3) is 0 Å². The van der Waals surface area contributed by atoms with Crippen LogP contribution in [0.1, 0.15) is 21.6 Å². The summed E-state index contributed by atoms with van der Waals surface area (Å²) in [4.78, 5) is 11.7. The lowest BCUT2D eigenvalue weighted by Gasteiger charge is -1.93. The molecule has 0 unspecified atom stereocenters. The van der Waals surface area contributed by atoms with Crippen molar-refractivity contribution in [1.82, 2.24) is 4.37 Å². The molecule has 0 bridgehead atoms. The van der Waals surface area contributed by atoms with Crippen LogP contribution in [-0.2, 0) is 0 Å². The second-order valence-corrected chi connectivity index (χ2v) is 4.09. The van der Waals surface area contributed by atoms with Gasteiger partial charge in [0, 0.05) is 16.3 Å². The molecule has 0 fully saturated rings. The molecule has 0 spiro atoms. The van der Waals surface area contributed by atoms with Crippen LogP contribution in [0.2, 0.25) is 0 Å². The van der Waals surface area contributed by atoms with E-state index in [-0.39, 0.29) is 5.78 Å². The molecule has 0 saturated heterocycles. The predicted octanol–water partition coefficient (Wildman–Crippen LogP) is 2.74. The minimum atomic E-state index is 0.0278. The van der Waals surface area contributed by atoms with Crippen molar-refractivity contribution in [3.05, 3.63) is 39.0 Å². The Morgan fingerprint density at radius 1 is 1.46 bits per heavy atom. The maximum Gasteiger partial charge on any atom is 0.213 e. The molecule has 2 aromatic heterocycles. The fourth-order valence-electron chi connectivity index (χ4n) is 1.06. The maximum absolute atomic E-state index is 11.7. The molecule has 66 valence electrons. The van der Waals surface area contributed by atoms with Gasteiger partial charge in [-0.25, -0.2) is 0 Å². The fourth-order valence-corrected chi connectivity index (χ4v) is 2.40. The highest BCUT2D eigenvalue weighted by Gasteiger charge is 2.13. The van der Waals surface area contributed by atoms with Crippen LogP contribution in [0.4, 0.5) is 0 Å². The van der Waals surface area contributed by atoms with Crippen molar-refractivity contribution in [2.75, 3.05) is 0 Å². The molecule has 2 nitrogen and oxygen atoms in total. The number of carbonyl (C=O) groups excluding carboxylic acids is 1. The van der Waals surface area contributed by atoms with Gasteiger partial charge >= 0.3 is 0 Å². The van der Waals surface area contributed by atoms with Crippen molar-refractivity contribution in [3.63, 3.8) is 0 Å². The van der Waals surface area contributed by atoms with Crippen molar-refractivity contribution in [2.24, 2.45) is 0 Å². The molecule has 0 atom stereocenters. The lowest BCUT2D eigenvalue weighted by molar-refractivity contribution is 0.103. The quantitative estimate of drug-likeness (QED) is 0.712. The molecule has 0 aliphatic carbocycles. The van der Waals surface area contributed by atoms with Crippen LogP contribution >= 0.6 is 22.9 Å². The first kappa shape index (κ1) is 8.59. The number of hydrogen-bond donors (Lipinski definition) is 0. The topological polar surface area (TPSA) is 30.0 Å². The molecular formula is C9H7NOS2. The van der Waals surface area contributed by atoms with Gasteiger partial charge in [0.05, 0.1) is 0 Å². The second kappa shape index (κ2) is 3.40. The molecule has 0 amide bonds. The lowest BCUT2D eigenvalue weighted by atomic mass is 10.1. The predicted molar refractivity (Wildman–Crippen MR) is 54.6 cm³/mol. The maximum atomic E-state index is 11.7. The first-order valence-electron chi connectivity index (χ1n) is 3.77. The van der Waals surface area contributed by atoms with Crippen molar-refractivity contribution < 1.29 is 4.79 Å². The summed E-state index contributed by atoms with van der Waals surface area (Å²) < 4.78 is 4.01. The molecule has 2 heterocycles. The average molecular weight is 209 g/mol. The summed E-state index contributed by atoms with van der Waals surface area (Å²) >= 11 is 2.85. The minimum absolute atomic E-state index is 0.0278.